The van der Waals surface area contributed by atoms with Crippen molar-refractivity contribution in [2.75, 3.05) is 51.7 Å². The third kappa shape index (κ3) is 6.31. The number of nitrogens with zero attached hydrogens (tertiary/aromatic N) is 2. The minimum Gasteiger partial charge on any atom is -0.379 e. The van der Waals surface area contributed by atoms with Crippen LogP contribution in [0.5, 0.6) is 0 Å². The number of hydrogen-bond acceptors (Lipinski definition) is 5. The third-order valence-corrected chi connectivity index (χ3v) is 6.90. The van der Waals surface area contributed by atoms with Gasteiger partial charge in [-0.2, -0.15) is 4.31 Å². The van der Waals surface area contributed by atoms with Crippen LogP contribution in [-0.2, 0) is 14.8 Å². The maximum absolute atomic E-state index is 12.7. The molecular formula is C16H33N3O3S. The Labute approximate surface area is 141 Å². The van der Waals surface area contributed by atoms with Crippen molar-refractivity contribution in [1.82, 2.24) is 9.21 Å². The van der Waals surface area contributed by atoms with E-state index in [2.05, 4.69) is 4.90 Å². The molecular weight excluding hydrogens is 314 g/mol. The number of nitrogens with two attached hydrogens (primary N) is 1. The molecule has 0 bridgehead atoms. The van der Waals surface area contributed by atoms with Crippen LogP contribution in [0.25, 0.3) is 0 Å². The van der Waals surface area contributed by atoms with E-state index in [1.807, 2.05) is 4.31 Å². The number of hydrogen-bond donors (Lipinski definition) is 1. The van der Waals surface area contributed by atoms with E-state index in [-0.39, 0.29) is 11.8 Å². The van der Waals surface area contributed by atoms with E-state index < -0.39 is 10.0 Å². The van der Waals surface area contributed by atoms with E-state index in [0.29, 0.717) is 19.5 Å². The van der Waals surface area contributed by atoms with Crippen LogP contribution in [0.2, 0.25) is 0 Å². The standard InChI is InChI=1S/C16H33N3O3S/c17-8-3-4-15-23(20,21)19(16-6-1-2-7-16)10-5-9-18-11-13-22-14-12-18/h16H,1-15,17H2. The highest BCUT2D eigenvalue weighted by Gasteiger charge is 2.31. The largest absolute Gasteiger partial charge is 0.379 e. The lowest BCUT2D eigenvalue weighted by molar-refractivity contribution is 0.0366. The number of rotatable bonds is 10. The number of unbranched alkanes of at least 4 members (excludes halogenated alkanes) is 1. The normalized spacial score (nSPS) is 21.3. The summed E-state index contributed by atoms with van der Waals surface area (Å²) in [6.07, 6.45) is 6.72. The van der Waals surface area contributed by atoms with Crippen LogP contribution in [0.4, 0.5) is 0 Å². The van der Waals surface area contributed by atoms with Crippen molar-refractivity contribution in [3.8, 4) is 0 Å². The van der Waals surface area contributed by atoms with Gasteiger partial charge in [-0.05, 0) is 45.2 Å². The van der Waals surface area contributed by atoms with Crippen molar-refractivity contribution in [3.05, 3.63) is 0 Å². The first-order valence-corrected chi connectivity index (χ1v) is 10.7. The van der Waals surface area contributed by atoms with Crippen molar-refractivity contribution >= 4 is 10.0 Å². The first kappa shape index (κ1) is 19.1. The molecule has 1 saturated carbocycles. The summed E-state index contributed by atoms with van der Waals surface area (Å²) in [6, 6.07) is 0.225. The summed E-state index contributed by atoms with van der Waals surface area (Å²) in [5.74, 6) is 0.248. The Hall–Kier alpha value is -0.210. The maximum Gasteiger partial charge on any atom is 0.214 e. The Morgan fingerprint density at radius 3 is 2.43 bits per heavy atom. The van der Waals surface area contributed by atoms with Crippen molar-refractivity contribution in [2.45, 2.75) is 51.0 Å². The zero-order chi connectivity index (χ0) is 16.5. The molecule has 0 aromatic rings. The van der Waals surface area contributed by atoms with E-state index in [4.69, 9.17) is 10.5 Å². The van der Waals surface area contributed by atoms with Gasteiger partial charge in [0.2, 0.25) is 10.0 Å². The highest BCUT2D eigenvalue weighted by molar-refractivity contribution is 7.89. The summed E-state index contributed by atoms with van der Waals surface area (Å²) in [5, 5.41) is 0. The predicted octanol–water partition coefficient (Wildman–Crippen LogP) is 1.02. The molecule has 0 aromatic heterocycles. The highest BCUT2D eigenvalue weighted by Crippen LogP contribution is 2.26. The minimum absolute atomic E-state index is 0.225. The molecule has 1 heterocycles. The van der Waals surface area contributed by atoms with E-state index >= 15 is 0 Å². The van der Waals surface area contributed by atoms with Gasteiger partial charge >= 0.3 is 0 Å². The van der Waals surface area contributed by atoms with Crippen LogP contribution in [-0.4, -0.2) is 75.4 Å². The van der Waals surface area contributed by atoms with Gasteiger partial charge in [-0.25, -0.2) is 8.42 Å². The van der Waals surface area contributed by atoms with Crippen LogP contribution in [0.1, 0.15) is 44.9 Å². The molecule has 6 nitrogen and oxygen atoms in total. The van der Waals surface area contributed by atoms with Crippen LogP contribution in [0.15, 0.2) is 0 Å². The van der Waals surface area contributed by atoms with E-state index in [1.165, 1.54) is 0 Å². The smallest absolute Gasteiger partial charge is 0.214 e. The minimum atomic E-state index is -3.15. The molecule has 1 aliphatic heterocycles. The molecule has 2 rings (SSSR count). The molecule has 23 heavy (non-hydrogen) atoms. The zero-order valence-electron chi connectivity index (χ0n) is 14.3. The summed E-state index contributed by atoms with van der Waals surface area (Å²) in [4.78, 5) is 2.37. The van der Waals surface area contributed by atoms with Gasteiger partial charge in [0.05, 0.1) is 19.0 Å². The molecule has 2 aliphatic rings. The van der Waals surface area contributed by atoms with E-state index in [9.17, 15) is 8.42 Å². The maximum atomic E-state index is 12.7. The van der Waals surface area contributed by atoms with Crippen molar-refractivity contribution in [3.63, 3.8) is 0 Å². The molecule has 136 valence electrons. The zero-order valence-corrected chi connectivity index (χ0v) is 15.1. The second kappa shape index (κ2) is 9.93. The fourth-order valence-corrected chi connectivity index (χ4v) is 5.44. The van der Waals surface area contributed by atoms with Crippen LogP contribution in [0, 0.1) is 0 Å². The van der Waals surface area contributed by atoms with Gasteiger partial charge in [0.15, 0.2) is 0 Å². The molecule has 2 fully saturated rings. The summed E-state index contributed by atoms with van der Waals surface area (Å²) in [6.45, 7) is 5.71. The molecule has 1 aliphatic carbocycles. The first-order valence-electron chi connectivity index (χ1n) is 9.13. The van der Waals surface area contributed by atoms with Crippen LogP contribution < -0.4 is 5.73 Å². The lowest BCUT2D eigenvalue weighted by Gasteiger charge is -2.30. The fourth-order valence-electron chi connectivity index (χ4n) is 3.56. The Kier molecular flexibility index (Phi) is 8.26. The van der Waals surface area contributed by atoms with Crippen molar-refractivity contribution in [1.29, 1.82) is 0 Å². The average molecular weight is 348 g/mol. The number of sulfonamides is 1. The third-order valence-electron chi connectivity index (χ3n) is 4.90. The molecule has 0 atom stereocenters. The second-order valence-electron chi connectivity index (χ2n) is 6.67. The summed E-state index contributed by atoms with van der Waals surface area (Å²) in [5.41, 5.74) is 5.49. The molecule has 0 spiro atoms. The van der Waals surface area contributed by atoms with Gasteiger partial charge in [-0.3, -0.25) is 4.90 Å². The van der Waals surface area contributed by atoms with Gasteiger partial charge < -0.3 is 10.5 Å². The Balaban J connectivity index is 1.85. The topological polar surface area (TPSA) is 75.9 Å². The quantitative estimate of drug-likeness (QED) is 0.597. The number of ether oxygens (including phenoxy) is 1. The van der Waals surface area contributed by atoms with Gasteiger partial charge in [-0.15, -0.1) is 0 Å². The van der Waals surface area contributed by atoms with Crippen LogP contribution >= 0.6 is 0 Å². The average Bonchev–Trinajstić information content (AvgIpc) is 3.06. The molecule has 0 radical (unpaired) electrons. The van der Waals surface area contributed by atoms with Gasteiger partial charge in [0.25, 0.3) is 0 Å². The van der Waals surface area contributed by atoms with Crippen molar-refractivity contribution in [2.24, 2.45) is 5.73 Å². The molecule has 0 amide bonds. The second-order valence-corrected chi connectivity index (χ2v) is 8.71. The summed E-state index contributed by atoms with van der Waals surface area (Å²) >= 11 is 0. The molecule has 7 heteroatoms. The fraction of sp³-hybridized carbons (Fsp3) is 1.00. The molecule has 1 saturated heterocycles. The van der Waals surface area contributed by atoms with Crippen LogP contribution in [0.3, 0.4) is 0 Å². The lowest BCUT2D eigenvalue weighted by Crippen LogP contribution is -2.43. The van der Waals surface area contributed by atoms with Gasteiger partial charge in [0, 0.05) is 25.7 Å². The molecule has 0 unspecified atom stereocenters. The lowest BCUT2D eigenvalue weighted by atomic mass is 10.2. The predicted molar refractivity (Wildman–Crippen MR) is 92.9 cm³/mol. The summed E-state index contributed by atoms with van der Waals surface area (Å²) in [7, 11) is -3.15. The molecule has 2 N–H and O–H groups in total. The van der Waals surface area contributed by atoms with Gasteiger partial charge in [0.1, 0.15) is 0 Å². The Morgan fingerprint density at radius 2 is 1.78 bits per heavy atom. The molecule has 0 aromatic carbocycles. The van der Waals surface area contributed by atoms with Gasteiger partial charge in [-0.1, -0.05) is 12.8 Å². The van der Waals surface area contributed by atoms with Crippen molar-refractivity contribution < 1.29 is 13.2 Å². The Bertz CT molecular complexity index is 418. The number of morpholine rings is 1. The monoisotopic (exact) mass is 347 g/mol. The van der Waals surface area contributed by atoms with E-state index in [0.717, 1.165) is 71.4 Å². The summed E-state index contributed by atoms with van der Waals surface area (Å²) < 4.78 is 32.6. The van der Waals surface area contributed by atoms with E-state index in [1.54, 1.807) is 0 Å². The first-order chi connectivity index (χ1) is 11.1. The highest BCUT2D eigenvalue weighted by atomic mass is 32.2. The Morgan fingerprint density at radius 1 is 1.09 bits per heavy atom. The SMILES string of the molecule is NCCCCS(=O)(=O)N(CCCN1CCOCC1)C1CCCC1.